The molecule has 2 amide bonds. The standard InChI is InChI=1S/C70H78N6O9/c1-69(56-26-13-14-27-57(56)75-41-35-59-55(66(69)75)43-49-42-47-20-18-39-74-40-19-25-54(64(47)74)65(49)85-59)36-15-7-12-28-61(78)71-37-16-3-4-17-38-72-62(79)34-29-48-45-76(68(81)73-67(48)80)63-44-58(77)60(84-63)46-83-70(50-21-8-5-9-22-50,51-23-10-6-11-24-51)52-30-32-53(82-2)33-31-52/h5-6,8-11,13-14,21-24,26-27,29-34,42-43,45,58-60,63,77H,3-4,7,12,15-20,25,28,35-41,44,46H2,1-2H3,(H2-,71,72,73,78,79,80,81)/p+1/b34-29+/t58?,59?,60?,63-,69?/m1/s1. The summed E-state index contributed by atoms with van der Waals surface area (Å²) < 4.78 is 29.6. The zero-order chi connectivity index (χ0) is 58.5. The first-order chi connectivity index (χ1) is 41.5. The fourth-order valence-electron chi connectivity index (χ4n) is 14.2. The van der Waals surface area contributed by atoms with Crippen LogP contribution in [0.25, 0.3) is 12.2 Å². The van der Waals surface area contributed by atoms with Crippen LogP contribution in [0.15, 0.2) is 143 Å². The van der Waals surface area contributed by atoms with E-state index in [2.05, 4.69) is 68.4 Å². The van der Waals surface area contributed by atoms with Gasteiger partial charge >= 0.3 is 5.69 Å². The highest BCUT2D eigenvalue weighted by atomic mass is 16.6. The zero-order valence-electron chi connectivity index (χ0n) is 49.0. The molecule has 12 rings (SSSR count). The number of aromatic amines is 1. The number of para-hydroxylation sites is 1. The van der Waals surface area contributed by atoms with Crippen molar-refractivity contribution < 1.29 is 38.2 Å². The molecule has 15 heteroatoms. The number of ether oxygens (including phenoxy) is 4. The minimum atomic E-state index is -1.10. The summed E-state index contributed by atoms with van der Waals surface area (Å²) in [4.78, 5) is 56.9. The molecule has 0 saturated carbocycles. The zero-order valence-corrected chi connectivity index (χ0v) is 49.0. The number of amides is 2. The van der Waals surface area contributed by atoms with Crippen molar-refractivity contribution in [1.82, 2.24) is 20.2 Å². The van der Waals surface area contributed by atoms with Crippen molar-refractivity contribution in [1.29, 1.82) is 0 Å². The molecule has 4 unspecified atom stereocenters. The number of carbonyl (C=O) groups is 2. The van der Waals surface area contributed by atoms with Gasteiger partial charge in [-0.1, -0.05) is 117 Å². The Hall–Kier alpha value is -7.85. The molecular weight excluding hydrogens is 1070 g/mol. The number of nitrogens with zero attached hydrogens (tertiary/aromatic N) is 3. The first-order valence-electron chi connectivity index (χ1n) is 30.9. The molecule has 442 valence electrons. The highest BCUT2D eigenvalue weighted by Gasteiger charge is 2.54. The lowest BCUT2D eigenvalue weighted by Crippen LogP contribution is -2.44. The van der Waals surface area contributed by atoms with Gasteiger partial charge in [0, 0.05) is 86.2 Å². The Morgan fingerprint density at radius 1 is 0.847 bits per heavy atom. The molecule has 0 spiro atoms. The Morgan fingerprint density at radius 3 is 2.29 bits per heavy atom. The summed E-state index contributed by atoms with van der Waals surface area (Å²) in [6.07, 6.45) is 17.2. The third kappa shape index (κ3) is 11.7. The van der Waals surface area contributed by atoms with Gasteiger partial charge in [0.25, 0.3) is 5.56 Å². The molecule has 1 aromatic heterocycles. The summed E-state index contributed by atoms with van der Waals surface area (Å²) in [6.45, 7) is 6.70. The van der Waals surface area contributed by atoms with E-state index in [9.17, 15) is 24.3 Å². The molecule has 6 aliphatic rings. The number of unbranched alkanes of at least 4 members (excludes halogenated alkanes) is 5. The molecule has 0 bridgehead atoms. The van der Waals surface area contributed by atoms with E-state index in [-0.39, 0.29) is 41.9 Å². The maximum Gasteiger partial charge on any atom is 0.330 e. The molecule has 5 aromatic carbocycles. The van der Waals surface area contributed by atoms with Gasteiger partial charge in [0.15, 0.2) is 12.3 Å². The van der Waals surface area contributed by atoms with E-state index in [1.165, 1.54) is 80.7 Å². The van der Waals surface area contributed by atoms with Gasteiger partial charge in [-0.25, -0.2) is 4.79 Å². The van der Waals surface area contributed by atoms with E-state index >= 15 is 0 Å². The topological polar surface area (TPSA) is 176 Å². The second-order valence-electron chi connectivity index (χ2n) is 23.9. The number of aliphatic hydroxyl groups excluding tert-OH is 1. The van der Waals surface area contributed by atoms with Crippen molar-refractivity contribution in [3.05, 3.63) is 198 Å². The Morgan fingerprint density at radius 2 is 1.54 bits per heavy atom. The largest absolute Gasteiger partial charge is 0.497 e. The number of aromatic nitrogens is 2. The lowest BCUT2D eigenvalue weighted by molar-refractivity contribution is -0.444. The van der Waals surface area contributed by atoms with Crippen LogP contribution in [-0.4, -0.2) is 102 Å². The van der Waals surface area contributed by atoms with Crippen LogP contribution < -0.4 is 36.3 Å². The molecule has 1 saturated heterocycles. The third-order valence-electron chi connectivity index (χ3n) is 18.4. The molecule has 5 atom stereocenters. The maximum absolute atomic E-state index is 13.2. The lowest BCUT2D eigenvalue weighted by atomic mass is 9.71. The SMILES string of the molecule is COc1ccc(C(OCC2O[C@@H](n3cc(/C=C/C(=O)NCCCCCCNC(=O)CCCCCC4(C)C5=[N+](CCC6Oc7c(cc8c9c7CCCN9CCC8)C=C56)c5ccccc54)c(=O)[nH]c3=O)CC2O)(c2ccccc2)c2ccccc2)cc1. The quantitative estimate of drug-likeness (QED) is 0.0209. The minimum absolute atomic E-state index is 0.0419. The fourth-order valence-corrected chi connectivity index (χ4v) is 14.2. The van der Waals surface area contributed by atoms with E-state index in [0.717, 1.165) is 113 Å². The second kappa shape index (κ2) is 25.4. The van der Waals surface area contributed by atoms with E-state index in [4.69, 9.17) is 18.9 Å². The van der Waals surface area contributed by atoms with E-state index in [0.29, 0.717) is 25.3 Å². The predicted octanol–water partition coefficient (Wildman–Crippen LogP) is 9.96. The molecule has 0 radical (unpaired) electrons. The molecular formula is C70H79N6O9+. The number of methoxy groups -OCH3 is 1. The van der Waals surface area contributed by atoms with Crippen molar-refractivity contribution in [2.75, 3.05) is 51.3 Å². The molecule has 85 heavy (non-hydrogen) atoms. The fraction of sp³-hybridized carbons (Fsp3) is 0.414. The maximum atomic E-state index is 13.2. The first-order valence-corrected chi connectivity index (χ1v) is 30.9. The average molecular weight is 1150 g/mol. The van der Waals surface area contributed by atoms with Crippen LogP contribution in [0.5, 0.6) is 11.5 Å². The number of nitrogens with one attached hydrogen (secondary N) is 3. The second-order valence-corrected chi connectivity index (χ2v) is 23.9. The van der Waals surface area contributed by atoms with Crippen molar-refractivity contribution >= 4 is 41.1 Å². The average Bonchev–Trinajstić information content (AvgIpc) is 1.77. The Balaban J connectivity index is 0.573. The summed E-state index contributed by atoms with van der Waals surface area (Å²) >= 11 is 0. The summed E-state index contributed by atoms with van der Waals surface area (Å²) in [6, 6.07) is 38.7. The Labute approximate surface area is 497 Å². The van der Waals surface area contributed by atoms with Crippen molar-refractivity contribution in [2.45, 2.75) is 139 Å². The molecule has 0 aliphatic carbocycles. The van der Waals surface area contributed by atoms with Crippen LogP contribution in [0, 0.1) is 0 Å². The number of H-pyrrole nitrogens is 1. The summed E-state index contributed by atoms with van der Waals surface area (Å²) in [5, 5.41) is 17.4. The number of rotatable bonds is 23. The number of fused-ring (bicyclic) bond motifs is 6. The summed E-state index contributed by atoms with van der Waals surface area (Å²) in [5.41, 5.74) is 11.2. The van der Waals surface area contributed by atoms with Crippen LogP contribution in [0.3, 0.4) is 0 Å². The van der Waals surface area contributed by atoms with Gasteiger partial charge in [0.2, 0.25) is 17.5 Å². The van der Waals surface area contributed by atoms with Gasteiger partial charge < -0.3 is 39.6 Å². The van der Waals surface area contributed by atoms with Gasteiger partial charge in [0.05, 0.1) is 36.4 Å². The molecule has 1 fully saturated rings. The normalized spacial score (nSPS) is 21.1. The number of carbonyl (C=O) groups excluding carboxylic acids is 2. The van der Waals surface area contributed by atoms with Gasteiger partial charge in [-0.15, -0.1) is 0 Å². The number of hydrogen-bond donors (Lipinski definition) is 4. The highest BCUT2D eigenvalue weighted by molar-refractivity contribution is 6.11. The van der Waals surface area contributed by atoms with Gasteiger partial charge in [-0.3, -0.25) is 23.9 Å². The summed E-state index contributed by atoms with van der Waals surface area (Å²) in [7, 11) is 1.62. The molecule has 15 nitrogen and oxygen atoms in total. The number of aliphatic hydroxyl groups is 1. The third-order valence-corrected chi connectivity index (χ3v) is 18.4. The van der Waals surface area contributed by atoms with Crippen LogP contribution in [0.4, 0.5) is 11.4 Å². The lowest BCUT2D eigenvalue weighted by Gasteiger charge is -2.40. The molecule has 6 aromatic rings. The Bertz CT molecular complexity index is 3590. The van der Waals surface area contributed by atoms with Crippen LogP contribution >= 0.6 is 0 Å². The Kier molecular flexibility index (Phi) is 17.2. The summed E-state index contributed by atoms with van der Waals surface area (Å²) in [5.74, 6) is 1.54. The van der Waals surface area contributed by atoms with Crippen LogP contribution in [-0.2, 0) is 42.9 Å². The van der Waals surface area contributed by atoms with Crippen LogP contribution in [0.2, 0.25) is 0 Å². The minimum Gasteiger partial charge on any atom is -0.497 e. The molecule has 6 aliphatic heterocycles. The van der Waals surface area contributed by atoms with Gasteiger partial charge in [-0.2, -0.15) is 4.58 Å². The van der Waals surface area contributed by atoms with Gasteiger partial charge in [0.1, 0.15) is 35.5 Å². The van der Waals surface area contributed by atoms with Crippen molar-refractivity contribution in [3.8, 4) is 11.5 Å². The number of benzene rings is 5. The highest BCUT2D eigenvalue weighted by Crippen LogP contribution is 2.52. The first kappa shape index (κ1) is 57.6. The molecule has 7 heterocycles. The number of hydrogen-bond acceptors (Lipinski definition) is 10. The molecule has 4 N–H and O–H groups in total. The smallest absolute Gasteiger partial charge is 0.330 e. The van der Waals surface area contributed by atoms with Crippen molar-refractivity contribution in [2.24, 2.45) is 0 Å². The number of anilines is 1. The number of aryl methyl sites for hydroxylation is 1. The monoisotopic (exact) mass is 1150 g/mol. The van der Waals surface area contributed by atoms with E-state index in [1.807, 2.05) is 84.9 Å². The van der Waals surface area contributed by atoms with Gasteiger partial charge in [-0.05, 0) is 111 Å². The van der Waals surface area contributed by atoms with E-state index < -0.39 is 35.3 Å². The predicted molar refractivity (Wildman–Crippen MR) is 330 cm³/mol. The van der Waals surface area contributed by atoms with Crippen molar-refractivity contribution in [3.63, 3.8) is 0 Å². The van der Waals surface area contributed by atoms with E-state index in [1.54, 1.807) is 7.11 Å². The van der Waals surface area contributed by atoms with Crippen LogP contribution in [0.1, 0.15) is 141 Å².